The number of nitrogens with zero attached hydrogens (tertiary/aromatic N) is 2. The highest BCUT2D eigenvalue weighted by Crippen LogP contribution is 2.16. The summed E-state index contributed by atoms with van der Waals surface area (Å²) in [6.07, 6.45) is 0.440. The van der Waals surface area contributed by atoms with Gasteiger partial charge in [-0.3, -0.25) is 14.4 Å². The van der Waals surface area contributed by atoms with Gasteiger partial charge in [-0.15, -0.1) is 0 Å². The van der Waals surface area contributed by atoms with Crippen molar-refractivity contribution >= 4 is 17.7 Å². The molecule has 1 saturated heterocycles. The first-order chi connectivity index (χ1) is 14.9. The van der Waals surface area contributed by atoms with Gasteiger partial charge in [-0.25, -0.2) is 0 Å². The Morgan fingerprint density at radius 3 is 2.16 bits per heavy atom. The number of hydrogen-bond acceptors (Lipinski definition) is 3. The molecule has 1 aliphatic heterocycles. The Balaban J connectivity index is 1.70. The van der Waals surface area contributed by atoms with Crippen LogP contribution in [0.5, 0.6) is 0 Å². The summed E-state index contributed by atoms with van der Waals surface area (Å²) in [5, 5.41) is 2.93. The van der Waals surface area contributed by atoms with Crippen LogP contribution in [-0.4, -0.2) is 59.2 Å². The average molecular weight is 422 g/mol. The molecule has 1 heterocycles. The largest absolute Gasteiger partial charge is 0.344 e. The number of piperazine rings is 1. The first kappa shape index (κ1) is 22.5. The van der Waals surface area contributed by atoms with Crippen LogP contribution >= 0.6 is 0 Å². The zero-order chi connectivity index (χ0) is 22.4. The van der Waals surface area contributed by atoms with E-state index < -0.39 is 6.04 Å². The highest BCUT2D eigenvalue weighted by atomic mass is 16.2. The van der Waals surface area contributed by atoms with Gasteiger partial charge in [0, 0.05) is 43.6 Å². The third-order valence-corrected chi connectivity index (χ3v) is 5.64. The van der Waals surface area contributed by atoms with Gasteiger partial charge in [-0.1, -0.05) is 62.4 Å². The highest BCUT2D eigenvalue weighted by Gasteiger charge is 2.34. The lowest BCUT2D eigenvalue weighted by molar-refractivity contribution is -0.139. The minimum atomic E-state index is -0.624. The third-order valence-electron chi connectivity index (χ3n) is 5.64. The van der Waals surface area contributed by atoms with Gasteiger partial charge in [0.1, 0.15) is 6.04 Å². The topological polar surface area (TPSA) is 69.7 Å². The molecular weight excluding hydrogens is 390 g/mol. The van der Waals surface area contributed by atoms with E-state index in [2.05, 4.69) is 5.32 Å². The van der Waals surface area contributed by atoms with Crippen molar-refractivity contribution in [3.63, 3.8) is 0 Å². The second kappa shape index (κ2) is 10.2. The van der Waals surface area contributed by atoms with Gasteiger partial charge in [0.15, 0.2) is 0 Å². The molecule has 164 valence electrons. The number of carbonyl (C=O) groups excluding carboxylic acids is 3. The van der Waals surface area contributed by atoms with E-state index in [1.165, 1.54) is 0 Å². The van der Waals surface area contributed by atoms with E-state index >= 15 is 0 Å². The standard InChI is InChI=1S/C25H31N3O3/c1-18(2)23(29)26-22(16-20-10-6-4-7-11-20)25(31)27-14-15-28(19(3)17-27)24(30)21-12-8-5-9-13-21/h4-13,18-19,22H,14-17H2,1-3H3,(H,26,29). The summed E-state index contributed by atoms with van der Waals surface area (Å²) >= 11 is 0. The fourth-order valence-electron chi connectivity index (χ4n) is 3.81. The van der Waals surface area contributed by atoms with Crippen molar-refractivity contribution in [1.29, 1.82) is 0 Å². The van der Waals surface area contributed by atoms with Crippen LogP contribution in [-0.2, 0) is 16.0 Å². The van der Waals surface area contributed by atoms with Crippen LogP contribution in [0.3, 0.4) is 0 Å². The molecule has 31 heavy (non-hydrogen) atoms. The van der Waals surface area contributed by atoms with Gasteiger partial charge in [-0.05, 0) is 24.6 Å². The number of hydrogen-bond donors (Lipinski definition) is 1. The molecule has 0 aliphatic carbocycles. The molecule has 0 saturated carbocycles. The van der Waals surface area contributed by atoms with E-state index in [4.69, 9.17) is 0 Å². The molecule has 2 unspecified atom stereocenters. The Kier molecular flexibility index (Phi) is 7.45. The zero-order valence-corrected chi connectivity index (χ0v) is 18.5. The lowest BCUT2D eigenvalue weighted by Gasteiger charge is -2.41. The van der Waals surface area contributed by atoms with Crippen LogP contribution in [0.15, 0.2) is 60.7 Å². The van der Waals surface area contributed by atoms with Gasteiger partial charge in [0.25, 0.3) is 5.91 Å². The summed E-state index contributed by atoms with van der Waals surface area (Å²) < 4.78 is 0. The smallest absolute Gasteiger partial charge is 0.254 e. The third kappa shape index (κ3) is 5.72. The molecule has 3 rings (SSSR count). The van der Waals surface area contributed by atoms with E-state index in [9.17, 15) is 14.4 Å². The minimum Gasteiger partial charge on any atom is -0.344 e. The lowest BCUT2D eigenvalue weighted by atomic mass is 10.0. The molecular formula is C25H31N3O3. The maximum absolute atomic E-state index is 13.4. The molecule has 2 atom stereocenters. The molecule has 0 aromatic heterocycles. The first-order valence-corrected chi connectivity index (χ1v) is 10.9. The Bertz CT molecular complexity index is 899. The highest BCUT2D eigenvalue weighted by molar-refractivity contribution is 5.94. The van der Waals surface area contributed by atoms with Crippen molar-refractivity contribution in [3.8, 4) is 0 Å². The second-order valence-corrected chi connectivity index (χ2v) is 8.40. The maximum atomic E-state index is 13.4. The van der Waals surface area contributed by atoms with Gasteiger partial charge in [-0.2, -0.15) is 0 Å². The lowest BCUT2D eigenvalue weighted by Crippen LogP contribution is -2.59. The van der Waals surface area contributed by atoms with Crippen molar-refractivity contribution in [3.05, 3.63) is 71.8 Å². The number of rotatable bonds is 6. The van der Waals surface area contributed by atoms with Crippen LogP contribution in [0.1, 0.15) is 36.7 Å². The molecule has 0 radical (unpaired) electrons. The molecule has 1 fully saturated rings. The van der Waals surface area contributed by atoms with Gasteiger partial charge < -0.3 is 15.1 Å². The molecule has 2 aromatic rings. The number of amides is 3. The first-order valence-electron chi connectivity index (χ1n) is 10.9. The second-order valence-electron chi connectivity index (χ2n) is 8.40. The van der Waals surface area contributed by atoms with Crippen molar-refractivity contribution in [1.82, 2.24) is 15.1 Å². The molecule has 6 heteroatoms. The van der Waals surface area contributed by atoms with Gasteiger partial charge in [0.05, 0.1) is 0 Å². The van der Waals surface area contributed by atoms with Crippen LogP contribution < -0.4 is 5.32 Å². The van der Waals surface area contributed by atoms with Crippen LogP contribution in [0, 0.1) is 5.92 Å². The Hall–Kier alpha value is -3.15. The normalized spacial score (nSPS) is 17.4. The summed E-state index contributed by atoms with van der Waals surface area (Å²) in [6, 6.07) is 18.2. The molecule has 1 aliphatic rings. The number of carbonyl (C=O) groups is 3. The van der Waals surface area contributed by atoms with Crippen LogP contribution in [0.25, 0.3) is 0 Å². The van der Waals surface area contributed by atoms with Gasteiger partial charge >= 0.3 is 0 Å². The molecule has 0 bridgehead atoms. The minimum absolute atomic E-state index is 0.0193. The quantitative estimate of drug-likeness (QED) is 0.780. The van der Waals surface area contributed by atoms with E-state index in [1.54, 1.807) is 4.90 Å². The SMILES string of the molecule is CC(C)C(=O)NC(Cc1ccccc1)C(=O)N1CCN(C(=O)c2ccccc2)C(C)C1. The summed E-state index contributed by atoms with van der Waals surface area (Å²) in [4.78, 5) is 42.2. The van der Waals surface area contributed by atoms with E-state index in [0.29, 0.717) is 31.6 Å². The maximum Gasteiger partial charge on any atom is 0.254 e. The van der Waals surface area contributed by atoms with E-state index in [-0.39, 0.29) is 29.7 Å². The Morgan fingerprint density at radius 2 is 1.58 bits per heavy atom. The average Bonchev–Trinajstić information content (AvgIpc) is 2.78. The van der Waals surface area contributed by atoms with Crippen LogP contribution in [0.2, 0.25) is 0 Å². The Labute approximate surface area is 184 Å². The molecule has 0 spiro atoms. The van der Waals surface area contributed by atoms with Crippen molar-refractivity contribution in [2.75, 3.05) is 19.6 Å². The summed E-state index contributed by atoms with van der Waals surface area (Å²) in [5.41, 5.74) is 1.65. The summed E-state index contributed by atoms with van der Waals surface area (Å²) in [7, 11) is 0. The van der Waals surface area contributed by atoms with Gasteiger partial charge in [0.2, 0.25) is 11.8 Å². The summed E-state index contributed by atoms with van der Waals surface area (Å²) in [6.45, 7) is 6.95. The van der Waals surface area contributed by atoms with Crippen LogP contribution in [0.4, 0.5) is 0 Å². The predicted octanol–water partition coefficient (Wildman–Crippen LogP) is 2.74. The van der Waals surface area contributed by atoms with Crippen molar-refractivity contribution in [2.24, 2.45) is 5.92 Å². The molecule has 6 nitrogen and oxygen atoms in total. The molecule has 2 aromatic carbocycles. The predicted molar refractivity (Wildman–Crippen MR) is 120 cm³/mol. The van der Waals surface area contributed by atoms with Crippen molar-refractivity contribution < 1.29 is 14.4 Å². The molecule has 3 amide bonds. The molecule has 1 N–H and O–H groups in total. The number of nitrogens with one attached hydrogen (secondary N) is 1. The Morgan fingerprint density at radius 1 is 0.968 bits per heavy atom. The fourth-order valence-corrected chi connectivity index (χ4v) is 3.81. The number of benzene rings is 2. The fraction of sp³-hybridized carbons (Fsp3) is 0.400. The van der Waals surface area contributed by atoms with E-state index in [0.717, 1.165) is 5.56 Å². The van der Waals surface area contributed by atoms with Crippen molar-refractivity contribution in [2.45, 2.75) is 39.3 Å². The van der Waals surface area contributed by atoms with E-state index in [1.807, 2.05) is 86.3 Å². The summed E-state index contributed by atoms with van der Waals surface area (Å²) in [5.74, 6) is -0.462. The monoisotopic (exact) mass is 421 g/mol. The zero-order valence-electron chi connectivity index (χ0n) is 18.5.